The third-order valence-electron chi connectivity index (χ3n) is 4.60. The van der Waals surface area contributed by atoms with E-state index in [0.29, 0.717) is 0 Å². The average molecular weight is 285 g/mol. The maximum absolute atomic E-state index is 2.36. The van der Waals surface area contributed by atoms with Crippen LogP contribution >= 0.6 is 0 Å². The fraction of sp³-hybridized carbons (Fsp3) is 0.143. The van der Waals surface area contributed by atoms with E-state index in [4.69, 9.17) is 0 Å². The molecule has 0 spiro atoms. The van der Waals surface area contributed by atoms with Crippen LogP contribution in [-0.4, -0.2) is 4.57 Å². The van der Waals surface area contributed by atoms with E-state index in [0.717, 1.165) is 6.42 Å². The summed E-state index contributed by atoms with van der Waals surface area (Å²) in [5.74, 6) is 0. The molecule has 1 heterocycles. The summed E-state index contributed by atoms with van der Waals surface area (Å²) < 4.78 is 2.21. The number of para-hydroxylation sites is 1. The number of aryl methyl sites for hydroxylation is 2. The van der Waals surface area contributed by atoms with Gasteiger partial charge in [0.2, 0.25) is 0 Å². The molecule has 0 aliphatic heterocycles. The third-order valence-corrected chi connectivity index (χ3v) is 4.60. The van der Waals surface area contributed by atoms with Crippen molar-refractivity contribution in [2.24, 2.45) is 7.05 Å². The number of aromatic nitrogens is 1. The van der Waals surface area contributed by atoms with Crippen molar-refractivity contribution >= 4 is 10.9 Å². The van der Waals surface area contributed by atoms with E-state index in [2.05, 4.69) is 85.4 Å². The van der Waals surface area contributed by atoms with E-state index >= 15 is 0 Å². The summed E-state index contributed by atoms with van der Waals surface area (Å²) in [6, 6.07) is 22.0. The summed E-state index contributed by atoms with van der Waals surface area (Å²) in [5.41, 5.74) is 8.15. The lowest BCUT2D eigenvalue weighted by Gasteiger charge is -2.03. The van der Waals surface area contributed by atoms with Crippen molar-refractivity contribution in [3.05, 3.63) is 83.6 Å². The van der Waals surface area contributed by atoms with Gasteiger partial charge in [0.05, 0.1) is 0 Å². The lowest BCUT2D eigenvalue weighted by atomic mass is 10.1. The second kappa shape index (κ2) is 5.03. The molecule has 108 valence electrons. The van der Waals surface area contributed by atoms with E-state index in [-0.39, 0.29) is 0 Å². The van der Waals surface area contributed by atoms with E-state index < -0.39 is 0 Å². The molecular weight excluding hydrogens is 266 g/mol. The zero-order chi connectivity index (χ0) is 15.1. The first-order chi connectivity index (χ1) is 10.7. The number of rotatable bonds is 0. The quantitative estimate of drug-likeness (QED) is 0.419. The van der Waals surface area contributed by atoms with Crippen molar-refractivity contribution < 1.29 is 0 Å². The fourth-order valence-corrected chi connectivity index (χ4v) is 3.46. The monoisotopic (exact) mass is 285 g/mol. The van der Waals surface area contributed by atoms with E-state index in [9.17, 15) is 0 Å². The van der Waals surface area contributed by atoms with Gasteiger partial charge in [0.1, 0.15) is 0 Å². The molecule has 1 aliphatic rings. The number of benzene rings is 2. The van der Waals surface area contributed by atoms with Crippen LogP contribution in [0, 0.1) is 6.92 Å². The molecule has 0 saturated heterocycles. The molecule has 2 aromatic carbocycles. The first kappa shape index (κ1) is 13.1. The summed E-state index contributed by atoms with van der Waals surface area (Å²) >= 11 is 0. The zero-order valence-electron chi connectivity index (χ0n) is 13.0. The molecule has 0 unspecified atom stereocenters. The number of nitrogens with zero attached hydrogens (tertiary/aromatic N) is 1. The van der Waals surface area contributed by atoms with E-state index in [1.807, 2.05) is 0 Å². The van der Waals surface area contributed by atoms with Crippen LogP contribution in [0.1, 0.15) is 16.7 Å². The number of hydrogen-bond donors (Lipinski definition) is 0. The zero-order valence-corrected chi connectivity index (χ0v) is 13.0. The molecule has 3 aromatic rings. The Labute approximate surface area is 131 Å². The Hall–Kier alpha value is -2.54. The minimum Gasteiger partial charge on any atom is -0.351 e. The van der Waals surface area contributed by atoms with Gasteiger partial charge in [-0.3, -0.25) is 0 Å². The number of hydrogen-bond acceptors (Lipinski definition) is 0. The predicted molar refractivity (Wildman–Crippen MR) is 93.5 cm³/mol. The molecule has 0 radical (unpaired) electrons. The normalized spacial score (nSPS) is 11.9. The minimum atomic E-state index is 1.03. The molecule has 0 amide bonds. The van der Waals surface area contributed by atoms with Gasteiger partial charge < -0.3 is 4.57 Å². The lowest BCUT2D eigenvalue weighted by molar-refractivity contribution is 0.957. The molecule has 1 heteroatoms. The van der Waals surface area contributed by atoms with Crippen molar-refractivity contribution in [3.8, 4) is 11.1 Å². The van der Waals surface area contributed by atoms with E-state index in [1.54, 1.807) is 0 Å². The van der Waals surface area contributed by atoms with Crippen LogP contribution in [0.15, 0.2) is 66.9 Å². The Kier molecular flexibility index (Phi) is 3.00. The Morgan fingerprint density at radius 1 is 0.818 bits per heavy atom. The van der Waals surface area contributed by atoms with Crippen molar-refractivity contribution in [1.82, 2.24) is 4.57 Å². The Bertz CT molecular complexity index is 930. The topological polar surface area (TPSA) is 4.93 Å². The highest BCUT2D eigenvalue weighted by Crippen LogP contribution is 2.35. The SMILES string of the molecule is Cc1cc2c(ccn(C)c3ccccc13)-c1ccccc1C2. The Morgan fingerprint density at radius 2 is 1.55 bits per heavy atom. The minimum absolute atomic E-state index is 1.03. The van der Waals surface area contributed by atoms with Gasteiger partial charge in [0.15, 0.2) is 0 Å². The molecule has 1 aromatic heterocycles. The van der Waals surface area contributed by atoms with E-state index in [1.165, 1.54) is 38.7 Å². The molecule has 1 aliphatic carbocycles. The van der Waals surface area contributed by atoms with Crippen molar-refractivity contribution in [1.29, 1.82) is 0 Å². The van der Waals surface area contributed by atoms with Crippen LogP contribution in [0.2, 0.25) is 0 Å². The lowest BCUT2D eigenvalue weighted by Crippen LogP contribution is -1.88. The van der Waals surface area contributed by atoms with Gasteiger partial charge in [0, 0.05) is 24.1 Å². The fourth-order valence-electron chi connectivity index (χ4n) is 3.46. The van der Waals surface area contributed by atoms with Crippen LogP contribution in [0.25, 0.3) is 22.0 Å². The Morgan fingerprint density at radius 3 is 2.45 bits per heavy atom. The van der Waals surface area contributed by atoms with Gasteiger partial charge in [-0.15, -0.1) is 0 Å². The third kappa shape index (κ3) is 2.01. The second-order valence-corrected chi connectivity index (χ2v) is 6.04. The summed E-state index contributed by atoms with van der Waals surface area (Å²) in [5, 5.41) is 1.30. The molecule has 0 N–H and O–H groups in total. The molecule has 0 atom stereocenters. The van der Waals surface area contributed by atoms with Gasteiger partial charge in [-0.1, -0.05) is 48.5 Å². The molecular formula is C21H19N. The van der Waals surface area contributed by atoms with Crippen molar-refractivity contribution in [2.45, 2.75) is 13.3 Å². The summed E-state index contributed by atoms with van der Waals surface area (Å²) in [4.78, 5) is 0. The highest BCUT2D eigenvalue weighted by atomic mass is 14.9. The number of fused-ring (bicyclic) bond motifs is 4. The highest BCUT2D eigenvalue weighted by Gasteiger charge is 2.16. The summed E-state index contributed by atoms with van der Waals surface area (Å²) in [6.45, 7) is 2.21. The second-order valence-electron chi connectivity index (χ2n) is 6.04. The van der Waals surface area contributed by atoms with Crippen LogP contribution in [0.5, 0.6) is 0 Å². The predicted octanol–water partition coefficient (Wildman–Crippen LogP) is 5.18. The largest absolute Gasteiger partial charge is 0.351 e. The van der Waals surface area contributed by atoms with Gasteiger partial charge in [0.25, 0.3) is 0 Å². The maximum atomic E-state index is 2.36. The molecule has 0 bridgehead atoms. The first-order valence-corrected chi connectivity index (χ1v) is 7.74. The molecule has 0 fully saturated rings. The van der Waals surface area contributed by atoms with Gasteiger partial charge in [-0.05, 0) is 53.3 Å². The molecule has 22 heavy (non-hydrogen) atoms. The van der Waals surface area contributed by atoms with Crippen molar-refractivity contribution in [3.63, 3.8) is 0 Å². The highest BCUT2D eigenvalue weighted by molar-refractivity contribution is 5.83. The van der Waals surface area contributed by atoms with Gasteiger partial charge in [-0.2, -0.15) is 0 Å². The molecule has 4 rings (SSSR count). The van der Waals surface area contributed by atoms with Gasteiger partial charge >= 0.3 is 0 Å². The standard InChI is InChI=1S/C21H19N/c1-15-13-17-14-16-7-3-4-9-19(16)20(17)11-12-22(2)21-10-6-5-8-18(15)21/h3-13H,14H2,1-2H3. The average Bonchev–Trinajstić information content (AvgIpc) is 2.90. The van der Waals surface area contributed by atoms with Crippen LogP contribution in [-0.2, 0) is 13.5 Å². The smallest absolute Gasteiger partial charge is 0.0479 e. The summed E-state index contributed by atoms with van der Waals surface area (Å²) in [7, 11) is 2.12. The Balaban J connectivity index is 2.13. The van der Waals surface area contributed by atoms with Crippen LogP contribution in [0.3, 0.4) is 0 Å². The van der Waals surface area contributed by atoms with Crippen LogP contribution in [0.4, 0.5) is 0 Å². The summed E-state index contributed by atoms with van der Waals surface area (Å²) in [6.07, 6.45) is 3.21. The maximum Gasteiger partial charge on any atom is 0.0479 e. The van der Waals surface area contributed by atoms with Crippen LogP contribution < -0.4 is 0 Å². The van der Waals surface area contributed by atoms with Crippen molar-refractivity contribution in [2.75, 3.05) is 0 Å². The molecule has 1 nitrogen and oxygen atoms in total. The molecule has 0 saturated carbocycles. The van der Waals surface area contributed by atoms with Gasteiger partial charge in [-0.25, -0.2) is 0 Å². The first-order valence-electron chi connectivity index (χ1n) is 7.74.